The van der Waals surface area contributed by atoms with E-state index in [-0.39, 0.29) is 11.9 Å². The minimum absolute atomic E-state index is 0.0479. The van der Waals surface area contributed by atoms with Gasteiger partial charge in [-0.15, -0.1) is 11.3 Å². The first-order valence-electron chi connectivity index (χ1n) is 5.78. The molecule has 90 valence electrons. The fraction of sp³-hybridized carbons (Fsp3) is 0.583. The zero-order chi connectivity index (χ0) is 12.0. The number of carbonyl (C=O) groups excluding carboxylic acids is 1. The number of thiophene rings is 1. The minimum atomic E-state index is -0.365. The van der Waals surface area contributed by atoms with Crippen molar-refractivity contribution in [2.24, 2.45) is 5.73 Å². The van der Waals surface area contributed by atoms with Gasteiger partial charge in [0.15, 0.2) is 0 Å². The summed E-state index contributed by atoms with van der Waals surface area (Å²) >= 11 is 1.74. The molecule has 0 aliphatic rings. The van der Waals surface area contributed by atoms with Crippen molar-refractivity contribution in [1.82, 2.24) is 5.32 Å². The molecule has 4 heteroatoms. The van der Waals surface area contributed by atoms with Crippen LogP contribution in [0, 0.1) is 0 Å². The second kappa shape index (κ2) is 6.66. The second-order valence-corrected chi connectivity index (χ2v) is 5.09. The highest BCUT2D eigenvalue weighted by atomic mass is 32.1. The third-order valence-corrected chi connectivity index (χ3v) is 3.67. The van der Waals surface area contributed by atoms with Crippen LogP contribution in [0.25, 0.3) is 0 Å². The lowest BCUT2D eigenvalue weighted by atomic mass is 10.2. The summed E-state index contributed by atoms with van der Waals surface area (Å²) < 4.78 is 0. The summed E-state index contributed by atoms with van der Waals surface area (Å²) in [5.41, 5.74) is 5.71. The van der Waals surface area contributed by atoms with Gasteiger partial charge in [0.25, 0.3) is 0 Å². The minimum Gasteiger partial charge on any atom is -0.350 e. The largest absolute Gasteiger partial charge is 0.350 e. The Kier molecular flexibility index (Phi) is 5.49. The van der Waals surface area contributed by atoms with Crippen molar-refractivity contribution in [2.45, 2.75) is 45.7 Å². The number of aryl methyl sites for hydroxylation is 1. The van der Waals surface area contributed by atoms with Gasteiger partial charge in [-0.25, -0.2) is 0 Å². The topological polar surface area (TPSA) is 55.1 Å². The summed E-state index contributed by atoms with van der Waals surface area (Å²) in [5, 5.41) is 2.87. The number of nitrogens with two attached hydrogens (primary N) is 1. The first-order chi connectivity index (χ1) is 7.67. The summed E-state index contributed by atoms with van der Waals surface area (Å²) in [6, 6.07) is 3.81. The number of carbonyl (C=O) groups is 1. The van der Waals surface area contributed by atoms with Crippen LogP contribution >= 0.6 is 11.3 Å². The van der Waals surface area contributed by atoms with E-state index in [9.17, 15) is 4.79 Å². The van der Waals surface area contributed by atoms with E-state index in [1.54, 1.807) is 11.3 Å². The Morgan fingerprint density at radius 3 is 2.69 bits per heavy atom. The van der Waals surface area contributed by atoms with E-state index in [0.29, 0.717) is 6.54 Å². The SMILES string of the molecule is CCC[C@H](N)C(=O)NCc1ccc(CC)s1. The van der Waals surface area contributed by atoms with Gasteiger partial charge in [-0.1, -0.05) is 20.3 Å². The monoisotopic (exact) mass is 240 g/mol. The van der Waals surface area contributed by atoms with E-state index >= 15 is 0 Å². The van der Waals surface area contributed by atoms with Gasteiger partial charge < -0.3 is 11.1 Å². The van der Waals surface area contributed by atoms with Gasteiger partial charge in [-0.2, -0.15) is 0 Å². The van der Waals surface area contributed by atoms with Crippen LogP contribution in [0.1, 0.15) is 36.4 Å². The van der Waals surface area contributed by atoms with Crippen LogP contribution in [-0.2, 0) is 17.8 Å². The van der Waals surface area contributed by atoms with Crippen molar-refractivity contribution >= 4 is 17.2 Å². The first kappa shape index (κ1) is 13.2. The Balaban J connectivity index is 2.36. The van der Waals surface area contributed by atoms with Crippen molar-refractivity contribution in [1.29, 1.82) is 0 Å². The van der Waals surface area contributed by atoms with Gasteiger partial charge >= 0.3 is 0 Å². The van der Waals surface area contributed by atoms with Crippen molar-refractivity contribution < 1.29 is 4.79 Å². The van der Waals surface area contributed by atoms with Crippen LogP contribution in [0.15, 0.2) is 12.1 Å². The van der Waals surface area contributed by atoms with Crippen molar-refractivity contribution in [3.05, 3.63) is 21.9 Å². The molecule has 3 nitrogen and oxygen atoms in total. The third kappa shape index (κ3) is 3.94. The molecule has 0 saturated carbocycles. The maximum Gasteiger partial charge on any atom is 0.237 e. The van der Waals surface area contributed by atoms with Gasteiger partial charge in [0.05, 0.1) is 12.6 Å². The molecule has 16 heavy (non-hydrogen) atoms. The van der Waals surface area contributed by atoms with E-state index in [4.69, 9.17) is 5.73 Å². The predicted octanol–water partition coefficient (Wildman–Crippen LogP) is 2.05. The molecule has 0 aromatic carbocycles. The van der Waals surface area contributed by atoms with E-state index in [2.05, 4.69) is 24.4 Å². The summed E-state index contributed by atoms with van der Waals surface area (Å²) in [7, 11) is 0. The van der Waals surface area contributed by atoms with Crippen LogP contribution < -0.4 is 11.1 Å². The standard InChI is InChI=1S/C12H20N2OS/c1-3-5-11(13)12(15)14-8-10-7-6-9(4-2)16-10/h6-7,11H,3-5,8,13H2,1-2H3,(H,14,15)/t11-/m0/s1. The Hall–Kier alpha value is -0.870. The lowest BCUT2D eigenvalue weighted by Gasteiger charge is -2.10. The van der Waals surface area contributed by atoms with Crippen LogP contribution in [0.5, 0.6) is 0 Å². The van der Waals surface area contributed by atoms with Crippen LogP contribution in [-0.4, -0.2) is 11.9 Å². The Labute approximate surface area is 101 Å². The van der Waals surface area contributed by atoms with Gasteiger partial charge in [0.2, 0.25) is 5.91 Å². The van der Waals surface area contributed by atoms with Crippen LogP contribution in [0.2, 0.25) is 0 Å². The molecule has 0 saturated heterocycles. The number of nitrogens with one attached hydrogen (secondary N) is 1. The third-order valence-electron chi connectivity index (χ3n) is 2.44. The lowest BCUT2D eigenvalue weighted by molar-refractivity contribution is -0.122. The molecule has 1 rings (SSSR count). The van der Waals surface area contributed by atoms with Gasteiger partial charge in [0.1, 0.15) is 0 Å². The average molecular weight is 240 g/mol. The van der Waals surface area contributed by atoms with E-state index in [1.807, 2.05) is 6.92 Å². The Morgan fingerprint density at radius 1 is 1.44 bits per heavy atom. The zero-order valence-electron chi connectivity index (χ0n) is 9.95. The molecular formula is C12H20N2OS. The fourth-order valence-electron chi connectivity index (χ4n) is 1.45. The molecule has 0 aliphatic heterocycles. The summed E-state index contributed by atoms with van der Waals surface area (Å²) in [4.78, 5) is 14.1. The summed E-state index contributed by atoms with van der Waals surface area (Å²) in [6.07, 6.45) is 2.73. The van der Waals surface area contributed by atoms with Crippen LogP contribution in [0.4, 0.5) is 0 Å². The van der Waals surface area contributed by atoms with Crippen molar-refractivity contribution in [2.75, 3.05) is 0 Å². The van der Waals surface area contributed by atoms with Crippen molar-refractivity contribution in [3.8, 4) is 0 Å². The van der Waals surface area contributed by atoms with E-state index in [1.165, 1.54) is 9.75 Å². The maximum atomic E-state index is 11.6. The molecule has 1 amide bonds. The molecule has 1 atom stereocenters. The van der Waals surface area contributed by atoms with Gasteiger partial charge in [-0.05, 0) is 25.0 Å². The molecule has 1 heterocycles. The number of hydrogen-bond acceptors (Lipinski definition) is 3. The Morgan fingerprint density at radius 2 is 2.12 bits per heavy atom. The van der Waals surface area contributed by atoms with E-state index < -0.39 is 0 Å². The molecule has 3 N–H and O–H groups in total. The molecule has 1 aromatic heterocycles. The molecule has 0 spiro atoms. The number of hydrogen-bond donors (Lipinski definition) is 2. The highest BCUT2D eigenvalue weighted by Crippen LogP contribution is 2.16. The Bertz CT molecular complexity index is 336. The molecule has 0 radical (unpaired) electrons. The lowest BCUT2D eigenvalue weighted by Crippen LogP contribution is -2.39. The molecule has 0 unspecified atom stereocenters. The van der Waals surface area contributed by atoms with E-state index in [0.717, 1.165) is 19.3 Å². The maximum absolute atomic E-state index is 11.6. The van der Waals surface area contributed by atoms with Crippen molar-refractivity contribution in [3.63, 3.8) is 0 Å². The predicted molar refractivity (Wildman–Crippen MR) is 68.4 cm³/mol. The first-order valence-corrected chi connectivity index (χ1v) is 6.59. The van der Waals surface area contributed by atoms with Crippen LogP contribution in [0.3, 0.4) is 0 Å². The summed E-state index contributed by atoms with van der Waals surface area (Å²) in [6.45, 7) is 4.76. The normalized spacial score (nSPS) is 12.4. The average Bonchev–Trinajstić information content (AvgIpc) is 2.74. The highest BCUT2D eigenvalue weighted by molar-refractivity contribution is 7.11. The smallest absolute Gasteiger partial charge is 0.237 e. The summed E-state index contributed by atoms with van der Waals surface area (Å²) in [5.74, 6) is -0.0479. The second-order valence-electron chi connectivity index (χ2n) is 3.83. The highest BCUT2D eigenvalue weighted by Gasteiger charge is 2.11. The number of amides is 1. The molecule has 0 fully saturated rings. The molecule has 1 aromatic rings. The molecule has 0 bridgehead atoms. The zero-order valence-corrected chi connectivity index (χ0v) is 10.8. The number of rotatable bonds is 6. The molecular weight excluding hydrogens is 220 g/mol. The van der Waals surface area contributed by atoms with Gasteiger partial charge in [0, 0.05) is 9.75 Å². The fourth-order valence-corrected chi connectivity index (χ4v) is 2.35. The quantitative estimate of drug-likeness (QED) is 0.799. The molecule has 0 aliphatic carbocycles. The van der Waals surface area contributed by atoms with Gasteiger partial charge in [-0.3, -0.25) is 4.79 Å².